The molecule has 5 heteroatoms. The van der Waals surface area contributed by atoms with Crippen molar-refractivity contribution in [1.82, 2.24) is 10.3 Å². The van der Waals surface area contributed by atoms with Crippen molar-refractivity contribution in [3.63, 3.8) is 0 Å². The Bertz CT molecular complexity index is 710. The molecule has 3 N–H and O–H groups in total. The molecule has 0 saturated heterocycles. The summed E-state index contributed by atoms with van der Waals surface area (Å²) in [5.74, 6) is 0.413. The summed E-state index contributed by atoms with van der Waals surface area (Å²) in [6, 6.07) is 8.36. The second-order valence-corrected chi connectivity index (χ2v) is 7.81. The maximum Gasteiger partial charge on any atom is 0.271 e. The van der Waals surface area contributed by atoms with Crippen molar-refractivity contribution in [3.05, 3.63) is 51.5 Å². The van der Waals surface area contributed by atoms with Crippen molar-refractivity contribution < 1.29 is 4.79 Å². The van der Waals surface area contributed by atoms with Gasteiger partial charge >= 0.3 is 0 Å². The Morgan fingerprint density at radius 1 is 1.42 bits per heavy atom. The van der Waals surface area contributed by atoms with E-state index < -0.39 is 0 Å². The van der Waals surface area contributed by atoms with Crippen molar-refractivity contribution in [3.8, 4) is 0 Å². The molecule has 1 aliphatic rings. The largest absolute Gasteiger partial charge is 0.344 e. The Kier molecular flexibility index (Phi) is 5.31. The first-order valence-corrected chi connectivity index (χ1v) is 9.52. The van der Waals surface area contributed by atoms with Gasteiger partial charge in [0.2, 0.25) is 0 Å². The lowest BCUT2D eigenvalue weighted by molar-refractivity contribution is 0.0928. The Morgan fingerprint density at radius 3 is 3.00 bits per heavy atom. The van der Waals surface area contributed by atoms with E-state index in [0.29, 0.717) is 11.6 Å². The molecule has 3 rings (SSSR count). The molecule has 4 nitrogen and oxygen atoms in total. The standard InChI is InChI=1S/C19H25N3OS/c1-12(2)10-15(20)19-22-17(11-24-19)18(23)21-16-9-5-7-13-6-3-4-8-14(13)16/h3-4,6,8,11-12,15-16H,5,7,9-10,20H2,1-2H3,(H,21,23). The van der Waals surface area contributed by atoms with E-state index in [-0.39, 0.29) is 18.0 Å². The van der Waals surface area contributed by atoms with Crippen LogP contribution in [0.5, 0.6) is 0 Å². The van der Waals surface area contributed by atoms with Crippen LogP contribution in [0.2, 0.25) is 0 Å². The molecule has 24 heavy (non-hydrogen) atoms. The van der Waals surface area contributed by atoms with Gasteiger partial charge in [-0.15, -0.1) is 11.3 Å². The molecule has 128 valence electrons. The number of amides is 1. The topological polar surface area (TPSA) is 68.0 Å². The van der Waals surface area contributed by atoms with Crippen LogP contribution < -0.4 is 11.1 Å². The van der Waals surface area contributed by atoms with Crippen LogP contribution in [0.3, 0.4) is 0 Å². The second kappa shape index (κ2) is 7.45. The van der Waals surface area contributed by atoms with Crippen molar-refractivity contribution in [2.75, 3.05) is 0 Å². The number of fused-ring (bicyclic) bond motifs is 1. The number of carbonyl (C=O) groups excluding carboxylic acids is 1. The third-order valence-corrected chi connectivity index (χ3v) is 5.45. The van der Waals surface area contributed by atoms with E-state index in [0.717, 1.165) is 30.7 Å². The molecule has 2 unspecified atom stereocenters. The number of hydrogen-bond acceptors (Lipinski definition) is 4. The average molecular weight is 343 g/mol. The fourth-order valence-corrected chi connectivity index (χ4v) is 4.12. The first kappa shape index (κ1) is 17.1. The van der Waals surface area contributed by atoms with Gasteiger partial charge in [0.05, 0.1) is 12.1 Å². The maximum atomic E-state index is 12.6. The zero-order chi connectivity index (χ0) is 17.1. The fourth-order valence-electron chi connectivity index (χ4n) is 3.31. The Balaban J connectivity index is 1.69. The normalized spacial score (nSPS) is 18.2. The summed E-state index contributed by atoms with van der Waals surface area (Å²) in [6.45, 7) is 4.28. The van der Waals surface area contributed by atoms with Gasteiger partial charge in [-0.05, 0) is 42.7 Å². The Labute approximate surface area is 147 Å². The maximum absolute atomic E-state index is 12.6. The third-order valence-electron chi connectivity index (χ3n) is 4.47. The number of carbonyl (C=O) groups is 1. The molecule has 0 aliphatic heterocycles. The second-order valence-electron chi connectivity index (χ2n) is 6.92. The summed E-state index contributed by atoms with van der Waals surface area (Å²) < 4.78 is 0. The summed E-state index contributed by atoms with van der Waals surface area (Å²) in [4.78, 5) is 17.0. The molecule has 0 bridgehead atoms. The molecule has 0 fully saturated rings. The zero-order valence-corrected chi connectivity index (χ0v) is 15.1. The molecule has 0 spiro atoms. The number of rotatable bonds is 5. The van der Waals surface area contributed by atoms with Crippen molar-refractivity contribution in [2.24, 2.45) is 11.7 Å². The highest BCUT2D eigenvalue weighted by atomic mass is 32.1. The van der Waals surface area contributed by atoms with Crippen molar-refractivity contribution >= 4 is 17.2 Å². The SMILES string of the molecule is CC(C)CC(N)c1nc(C(=O)NC2CCCc3ccccc32)cs1. The van der Waals surface area contributed by atoms with Crippen LogP contribution in [0.15, 0.2) is 29.6 Å². The molecular weight excluding hydrogens is 318 g/mol. The Morgan fingerprint density at radius 2 is 2.21 bits per heavy atom. The van der Waals surface area contributed by atoms with Crippen LogP contribution in [0.1, 0.15) is 71.8 Å². The summed E-state index contributed by atoms with van der Waals surface area (Å²) in [5, 5.41) is 5.81. The molecule has 1 aliphatic carbocycles. The van der Waals surface area contributed by atoms with Gasteiger partial charge < -0.3 is 11.1 Å². The lowest BCUT2D eigenvalue weighted by atomic mass is 9.88. The number of nitrogens with one attached hydrogen (secondary N) is 1. The molecule has 1 amide bonds. The number of nitrogens with two attached hydrogens (primary N) is 1. The van der Waals surface area contributed by atoms with Crippen molar-refractivity contribution in [2.45, 2.75) is 51.6 Å². The van der Waals surface area contributed by atoms with Crippen LogP contribution in [0.25, 0.3) is 0 Å². The number of aryl methyl sites for hydroxylation is 1. The van der Waals surface area contributed by atoms with Gasteiger partial charge in [-0.3, -0.25) is 4.79 Å². The highest BCUT2D eigenvalue weighted by molar-refractivity contribution is 7.09. The molecule has 1 aromatic heterocycles. The number of aromatic nitrogens is 1. The minimum absolute atomic E-state index is 0.0805. The van der Waals surface area contributed by atoms with E-state index in [9.17, 15) is 4.79 Å². The lowest BCUT2D eigenvalue weighted by Gasteiger charge is -2.26. The predicted molar refractivity (Wildman–Crippen MR) is 98.1 cm³/mol. The monoisotopic (exact) mass is 343 g/mol. The first-order chi connectivity index (χ1) is 11.5. The molecule has 0 saturated carbocycles. The summed E-state index contributed by atoms with van der Waals surface area (Å²) in [5.41, 5.74) is 9.24. The molecule has 2 atom stereocenters. The van der Waals surface area contributed by atoms with Crippen LogP contribution in [0, 0.1) is 5.92 Å². The highest BCUT2D eigenvalue weighted by Gasteiger charge is 2.23. The third kappa shape index (κ3) is 3.84. The van der Waals surface area contributed by atoms with Gasteiger partial charge in [0.25, 0.3) is 5.91 Å². The van der Waals surface area contributed by atoms with E-state index in [2.05, 4.69) is 42.3 Å². The summed E-state index contributed by atoms with van der Waals surface area (Å²) in [6.07, 6.45) is 4.05. The number of benzene rings is 1. The molecule has 0 radical (unpaired) electrons. The lowest BCUT2D eigenvalue weighted by Crippen LogP contribution is -2.31. The summed E-state index contributed by atoms with van der Waals surface area (Å²) >= 11 is 1.48. The van der Waals surface area contributed by atoms with Crippen LogP contribution in [-0.4, -0.2) is 10.9 Å². The van der Waals surface area contributed by atoms with Gasteiger partial charge in [0, 0.05) is 5.38 Å². The van der Waals surface area contributed by atoms with Crippen LogP contribution in [0.4, 0.5) is 0 Å². The predicted octanol–water partition coefficient (Wildman–Crippen LogP) is 4.00. The van der Waals surface area contributed by atoms with Crippen LogP contribution in [-0.2, 0) is 6.42 Å². The van der Waals surface area contributed by atoms with Gasteiger partial charge in [-0.2, -0.15) is 0 Å². The molecule has 1 heterocycles. The number of nitrogens with zero attached hydrogens (tertiary/aromatic N) is 1. The minimum atomic E-state index is -0.101. The smallest absolute Gasteiger partial charge is 0.271 e. The fraction of sp³-hybridized carbons (Fsp3) is 0.474. The quantitative estimate of drug-likeness (QED) is 0.862. The molecule has 2 aromatic rings. The zero-order valence-electron chi connectivity index (χ0n) is 14.3. The Hall–Kier alpha value is -1.72. The van der Waals surface area contributed by atoms with Crippen LogP contribution >= 0.6 is 11.3 Å². The van der Waals surface area contributed by atoms with Gasteiger partial charge in [0.1, 0.15) is 10.7 Å². The highest BCUT2D eigenvalue weighted by Crippen LogP contribution is 2.30. The minimum Gasteiger partial charge on any atom is -0.344 e. The van der Waals surface area contributed by atoms with E-state index in [1.54, 1.807) is 0 Å². The van der Waals surface area contributed by atoms with E-state index in [1.807, 2.05) is 11.4 Å². The first-order valence-electron chi connectivity index (χ1n) is 8.64. The number of hydrogen-bond donors (Lipinski definition) is 2. The van der Waals surface area contributed by atoms with Crippen molar-refractivity contribution in [1.29, 1.82) is 0 Å². The van der Waals surface area contributed by atoms with Gasteiger partial charge in [-0.1, -0.05) is 38.1 Å². The number of thiazole rings is 1. The van der Waals surface area contributed by atoms with Gasteiger partial charge in [0.15, 0.2) is 0 Å². The molecular formula is C19H25N3OS. The van der Waals surface area contributed by atoms with E-state index in [4.69, 9.17) is 5.73 Å². The van der Waals surface area contributed by atoms with E-state index >= 15 is 0 Å². The van der Waals surface area contributed by atoms with E-state index in [1.165, 1.54) is 22.5 Å². The average Bonchev–Trinajstić information content (AvgIpc) is 3.05. The summed E-state index contributed by atoms with van der Waals surface area (Å²) in [7, 11) is 0. The molecule has 1 aromatic carbocycles. The van der Waals surface area contributed by atoms with Gasteiger partial charge in [-0.25, -0.2) is 4.98 Å².